The largest absolute Gasteiger partial charge is 0.479 e. The number of imide groups is 1. The maximum atomic E-state index is 14.1. The Bertz CT molecular complexity index is 2640. The third kappa shape index (κ3) is 18.5. The molecule has 5 aliphatic rings. The van der Waals surface area contributed by atoms with Crippen LogP contribution in [0, 0.1) is 11.8 Å². The van der Waals surface area contributed by atoms with Crippen LogP contribution >= 0.6 is 0 Å². The molecule has 2 aromatic carbocycles. The molecule has 28 heteroatoms. The lowest BCUT2D eigenvalue weighted by Crippen LogP contribution is -2.60. The minimum Gasteiger partial charge on any atom is -0.479 e. The van der Waals surface area contributed by atoms with E-state index in [1.807, 2.05) is 0 Å². The van der Waals surface area contributed by atoms with Crippen molar-refractivity contribution in [3.8, 4) is 0 Å². The summed E-state index contributed by atoms with van der Waals surface area (Å²) in [6.45, 7) is 0.199. The van der Waals surface area contributed by atoms with Gasteiger partial charge in [-0.05, 0) is 62.1 Å². The topological polar surface area (TPSA) is 388 Å². The number of Topliss-reactive ketones (excluding diaryl/α,β-unsaturated/α-hetero) is 1. The van der Waals surface area contributed by atoms with Gasteiger partial charge >= 0.3 is 5.97 Å². The number of benzene rings is 2. The molecule has 5 amide bonds. The molecule has 0 aromatic heterocycles. The van der Waals surface area contributed by atoms with E-state index < -0.39 is 151 Å². The molecule has 0 spiro atoms. The molecule has 7 rings (SSSR count). The van der Waals surface area contributed by atoms with Gasteiger partial charge in [0.1, 0.15) is 25.4 Å². The average Bonchev–Trinajstić information content (AvgIpc) is 3.64. The number of nitrogens with one attached hydrogen (secondary N) is 4. The van der Waals surface area contributed by atoms with Crippen LogP contribution in [0.2, 0.25) is 0 Å². The second-order valence-electron chi connectivity index (χ2n) is 20.9. The molecule has 81 heavy (non-hydrogen) atoms. The van der Waals surface area contributed by atoms with Gasteiger partial charge in [-0.3, -0.25) is 34.1 Å². The van der Waals surface area contributed by atoms with Gasteiger partial charge in [-0.15, -0.1) is 0 Å². The second-order valence-corrected chi connectivity index (χ2v) is 22.8. The summed E-state index contributed by atoms with van der Waals surface area (Å²) in [5.74, 6) is -5.64. The third-order valence-corrected chi connectivity index (χ3v) is 16.2. The number of anilines is 1. The zero-order chi connectivity index (χ0) is 58.3. The van der Waals surface area contributed by atoms with Crippen molar-refractivity contribution in [3.05, 3.63) is 42.0 Å². The van der Waals surface area contributed by atoms with Gasteiger partial charge in [-0.25, -0.2) is 13.2 Å². The summed E-state index contributed by atoms with van der Waals surface area (Å²) in [6, 6.07) is 5.95. The van der Waals surface area contributed by atoms with Crippen molar-refractivity contribution < 1.29 is 105 Å². The number of aliphatic carboxylic acids is 1. The Hall–Kier alpha value is -5.05. The van der Waals surface area contributed by atoms with Gasteiger partial charge in [0, 0.05) is 60.9 Å². The van der Waals surface area contributed by atoms with Crippen LogP contribution in [-0.2, 0) is 88.9 Å². The Labute approximate surface area is 471 Å². The molecule has 10 N–H and O–H groups in total. The van der Waals surface area contributed by atoms with E-state index in [9.17, 15) is 71.5 Å². The number of fused-ring (bicyclic) bond motifs is 1. The molecular weight excluding hydrogens is 1110 g/mol. The van der Waals surface area contributed by atoms with Crippen LogP contribution < -0.4 is 21.3 Å². The quantitative estimate of drug-likeness (QED) is 0.0342. The number of carboxylic acid groups (broad SMARTS) is 1. The standard InChI is InChI=1S/C53H72N4O22S2/c1-28-49(64)39(60)24-47(75-28)79-50-38(56-52(66)32-19-43(61)57-44(62)20-32)17-31(18-40(50)78-46-22-34(21-35(25-58)77-46)76-41(53(67)68)15-29-7-3-2-4-8-29)51(65)54-12-6-10-33(59)26-73-13-14-74-27-45(63)55-37-11-5-9-30-16-36(80(69)70)23-42(48(30)37)81(71)72/h5,9,11,16,19,23,28-29,31,34-35,38-41,46-47,49-50,58,60,64H,2-4,6-8,10,12-15,17-18,20-22,24-27H2,1H3,(H,54,65)(H,55,63)(H,56,66)(H,67,68)(H,69,70)(H,71,72)(H,57,61,62)/t28?,31?,34?,35-,38?,39-,40-,41+,46+,47+,49-,50-/m1/s1. The summed E-state index contributed by atoms with van der Waals surface area (Å²) in [6.07, 6.45) is -5.13. The van der Waals surface area contributed by atoms with Gasteiger partial charge < -0.3 is 78.6 Å². The van der Waals surface area contributed by atoms with Crippen LogP contribution in [-0.4, -0.2) is 186 Å². The molecule has 2 saturated heterocycles. The van der Waals surface area contributed by atoms with Gasteiger partial charge in [-0.1, -0.05) is 44.2 Å². The first kappa shape index (κ1) is 63.5. The van der Waals surface area contributed by atoms with E-state index >= 15 is 0 Å². The third-order valence-electron chi connectivity index (χ3n) is 14.8. The maximum absolute atomic E-state index is 14.1. The van der Waals surface area contributed by atoms with Crippen molar-refractivity contribution in [2.24, 2.45) is 11.8 Å². The zero-order valence-electron chi connectivity index (χ0n) is 44.6. The first-order chi connectivity index (χ1) is 38.7. The van der Waals surface area contributed by atoms with Gasteiger partial charge in [0.05, 0.1) is 72.6 Å². The fourth-order valence-corrected chi connectivity index (χ4v) is 12.0. The summed E-state index contributed by atoms with van der Waals surface area (Å²) >= 11 is -4.98. The Balaban J connectivity index is 0.959. The Morgan fingerprint density at radius 1 is 0.889 bits per heavy atom. The molecule has 2 aliphatic carbocycles. The van der Waals surface area contributed by atoms with Crippen LogP contribution in [0.25, 0.3) is 10.8 Å². The minimum absolute atomic E-state index is 0.00263. The smallest absolute Gasteiger partial charge is 0.332 e. The Morgan fingerprint density at radius 2 is 1.63 bits per heavy atom. The van der Waals surface area contributed by atoms with Crippen LogP contribution in [0.1, 0.15) is 96.8 Å². The zero-order valence-corrected chi connectivity index (χ0v) is 46.3. The van der Waals surface area contributed by atoms with E-state index in [0.717, 1.165) is 44.2 Å². The highest BCUT2D eigenvalue weighted by atomic mass is 32.2. The van der Waals surface area contributed by atoms with Crippen LogP contribution in [0.15, 0.2) is 51.8 Å². The molecule has 0 bridgehead atoms. The molecule has 3 heterocycles. The predicted molar refractivity (Wildman–Crippen MR) is 283 cm³/mol. The van der Waals surface area contributed by atoms with E-state index in [1.54, 1.807) is 12.1 Å². The molecule has 4 fully saturated rings. The first-order valence-electron chi connectivity index (χ1n) is 27.1. The fraction of sp³-hybridized carbons (Fsp3) is 0.642. The monoisotopic (exact) mass is 1180 g/mol. The number of carbonyl (C=O) groups excluding carboxylic acids is 6. The molecule has 448 valence electrons. The fourth-order valence-electron chi connectivity index (χ4n) is 10.9. The lowest BCUT2D eigenvalue weighted by atomic mass is 9.80. The Morgan fingerprint density at radius 3 is 2.32 bits per heavy atom. The van der Waals surface area contributed by atoms with Gasteiger partial charge in [0.15, 0.2) is 46.6 Å². The number of carbonyl (C=O) groups is 7. The number of carboxylic acids is 1. The number of hydrogen-bond donors (Lipinski definition) is 10. The summed E-state index contributed by atoms with van der Waals surface area (Å²) in [5, 5.41) is 52.7. The maximum Gasteiger partial charge on any atom is 0.332 e. The van der Waals surface area contributed by atoms with E-state index in [0.29, 0.717) is 11.8 Å². The summed E-state index contributed by atoms with van der Waals surface area (Å²) in [7, 11) is 0. The molecule has 0 radical (unpaired) electrons. The van der Waals surface area contributed by atoms with Crippen molar-refractivity contribution in [2.75, 3.05) is 44.9 Å². The number of amides is 5. The van der Waals surface area contributed by atoms with E-state index in [2.05, 4.69) is 21.3 Å². The molecule has 26 nitrogen and oxygen atoms in total. The summed E-state index contributed by atoms with van der Waals surface area (Å²) in [5.41, 5.74) is 0.00435. The highest BCUT2D eigenvalue weighted by molar-refractivity contribution is 7.80. The van der Waals surface area contributed by atoms with Crippen molar-refractivity contribution in [2.45, 2.75) is 174 Å². The van der Waals surface area contributed by atoms with Crippen molar-refractivity contribution in [1.29, 1.82) is 0 Å². The minimum atomic E-state index is -2.56. The molecule has 6 unspecified atom stereocenters. The number of rotatable bonds is 27. The van der Waals surface area contributed by atoms with E-state index in [4.69, 9.17) is 33.2 Å². The lowest BCUT2D eigenvalue weighted by molar-refractivity contribution is -0.302. The predicted octanol–water partition coefficient (Wildman–Crippen LogP) is 1.24. The van der Waals surface area contributed by atoms with Crippen molar-refractivity contribution in [3.63, 3.8) is 0 Å². The number of ketones is 1. The van der Waals surface area contributed by atoms with Gasteiger partial charge in [0.25, 0.3) is 5.91 Å². The summed E-state index contributed by atoms with van der Waals surface area (Å²) in [4.78, 5) is 90.4. The number of aliphatic hydroxyl groups is 3. The highest BCUT2D eigenvalue weighted by Crippen LogP contribution is 2.37. The first-order valence-corrected chi connectivity index (χ1v) is 29.3. The molecule has 14 atom stereocenters. The molecule has 3 aliphatic heterocycles. The normalized spacial score (nSPS) is 28.5. The summed E-state index contributed by atoms with van der Waals surface area (Å²) < 4.78 is 85.4. The Kier molecular flexibility index (Phi) is 23.9. The molecule has 2 aromatic rings. The SMILES string of the molecule is CC1O[C@@H](O[C@@H]2C(NC(=O)C3=CC(=O)NC(=O)C3)CC(C(=O)NCCCC(=O)COCCOCC(=O)Nc3cccc4cc(S(=O)O)cc(S(=O)O)c34)C[C@H]2O[C@H]2CC(O[C@@H](CC3CCCCC3)C(=O)O)C[C@H](CO)O2)C[C@@H](O)[C@@H]1O. The van der Waals surface area contributed by atoms with E-state index in [1.165, 1.54) is 19.1 Å². The second kappa shape index (κ2) is 30.5. The number of ether oxygens (including phenoxy) is 7. The number of hydrogen-bond acceptors (Lipinski definition) is 19. The van der Waals surface area contributed by atoms with Crippen LogP contribution in [0.3, 0.4) is 0 Å². The van der Waals surface area contributed by atoms with Crippen molar-refractivity contribution >= 4 is 79.9 Å². The van der Waals surface area contributed by atoms with Gasteiger partial charge in [0.2, 0.25) is 23.6 Å². The van der Waals surface area contributed by atoms with Gasteiger partial charge in [-0.2, -0.15) is 0 Å². The highest BCUT2D eigenvalue weighted by Gasteiger charge is 2.48. The lowest BCUT2D eigenvalue weighted by Gasteiger charge is -2.46. The van der Waals surface area contributed by atoms with Crippen molar-refractivity contribution in [1.82, 2.24) is 16.0 Å². The molecular formula is C53H72N4O22S2. The molecule has 2 saturated carbocycles. The average molecular weight is 1180 g/mol. The van der Waals surface area contributed by atoms with Crippen LogP contribution in [0.5, 0.6) is 0 Å². The van der Waals surface area contributed by atoms with E-state index in [-0.39, 0.29) is 109 Å². The number of aliphatic hydroxyl groups excluding tert-OH is 3. The van der Waals surface area contributed by atoms with Crippen LogP contribution in [0.4, 0.5) is 5.69 Å².